The number of nitrogens with zero attached hydrogens (tertiary/aromatic N) is 3. The number of carbonyl (C=O) groups excluding carboxylic acids is 2. The maximum absolute atomic E-state index is 12.7. The van der Waals surface area contributed by atoms with Crippen molar-refractivity contribution in [2.24, 2.45) is 0 Å². The van der Waals surface area contributed by atoms with Crippen LogP contribution in [-0.2, 0) is 0 Å². The molecule has 1 aliphatic rings. The van der Waals surface area contributed by atoms with Crippen molar-refractivity contribution in [2.45, 2.75) is 0 Å². The summed E-state index contributed by atoms with van der Waals surface area (Å²) in [4.78, 5) is 33.2. The van der Waals surface area contributed by atoms with Crippen LogP contribution in [0.4, 0.5) is 0 Å². The second-order valence-corrected chi connectivity index (χ2v) is 6.36. The number of pyridine rings is 1. The van der Waals surface area contributed by atoms with Crippen molar-refractivity contribution in [1.82, 2.24) is 14.8 Å². The fourth-order valence-corrected chi connectivity index (χ4v) is 3.17. The molecule has 0 N–H and O–H groups in total. The molecule has 0 unspecified atom stereocenters. The first-order chi connectivity index (χ1) is 12.7. The largest absolute Gasteiger partial charge is 0.461 e. The van der Waals surface area contributed by atoms with Crippen LogP contribution in [-0.4, -0.2) is 59.2 Å². The number of piperazine rings is 1. The van der Waals surface area contributed by atoms with Gasteiger partial charge in [-0.25, -0.2) is 4.98 Å². The van der Waals surface area contributed by atoms with Gasteiger partial charge in [0.05, 0.1) is 18.3 Å². The zero-order valence-electron chi connectivity index (χ0n) is 14.3. The molecule has 132 valence electrons. The first kappa shape index (κ1) is 16.5. The van der Waals surface area contributed by atoms with Crippen LogP contribution in [0.2, 0.25) is 0 Å². The summed E-state index contributed by atoms with van der Waals surface area (Å²) >= 11 is 0. The van der Waals surface area contributed by atoms with E-state index < -0.39 is 0 Å². The van der Waals surface area contributed by atoms with Gasteiger partial charge in [-0.3, -0.25) is 14.5 Å². The number of carbonyl (C=O) groups is 2. The molecule has 2 aromatic heterocycles. The number of fused-ring (bicyclic) bond motifs is 1. The van der Waals surface area contributed by atoms with Gasteiger partial charge in [0.15, 0.2) is 5.76 Å². The van der Waals surface area contributed by atoms with Crippen molar-refractivity contribution in [3.8, 4) is 0 Å². The van der Waals surface area contributed by atoms with Gasteiger partial charge in [-0.2, -0.15) is 0 Å². The SMILES string of the molecule is O=C(CN1CCN(C(=O)c2ccc3ccccc3n2)CC1)c1ccco1. The van der Waals surface area contributed by atoms with E-state index in [0.29, 0.717) is 44.2 Å². The van der Waals surface area contributed by atoms with Gasteiger partial charge in [0.25, 0.3) is 5.91 Å². The van der Waals surface area contributed by atoms with Crippen LogP contribution in [0, 0.1) is 0 Å². The minimum atomic E-state index is -0.0623. The van der Waals surface area contributed by atoms with Gasteiger partial charge < -0.3 is 9.32 Å². The van der Waals surface area contributed by atoms with E-state index in [1.807, 2.05) is 35.2 Å². The molecule has 1 aliphatic heterocycles. The number of hydrogen-bond acceptors (Lipinski definition) is 5. The van der Waals surface area contributed by atoms with Crippen LogP contribution in [0.5, 0.6) is 0 Å². The van der Waals surface area contributed by atoms with Crippen LogP contribution in [0.3, 0.4) is 0 Å². The maximum Gasteiger partial charge on any atom is 0.272 e. The molecular weight excluding hydrogens is 330 g/mol. The van der Waals surface area contributed by atoms with Crippen molar-refractivity contribution < 1.29 is 14.0 Å². The smallest absolute Gasteiger partial charge is 0.272 e. The normalized spacial score (nSPS) is 15.3. The molecule has 1 saturated heterocycles. The van der Waals surface area contributed by atoms with Crippen molar-refractivity contribution >= 4 is 22.6 Å². The third-order valence-corrected chi connectivity index (χ3v) is 4.64. The summed E-state index contributed by atoms with van der Waals surface area (Å²) < 4.78 is 5.14. The van der Waals surface area contributed by atoms with Gasteiger partial charge in [0.2, 0.25) is 5.78 Å². The summed E-state index contributed by atoms with van der Waals surface area (Å²) in [5, 5.41) is 1.02. The van der Waals surface area contributed by atoms with Crippen LogP contribution < -0.4 is 0 Å². The van der Waals surface area contributed by atoms with E-state index in [2.05, 4.69) is 4.98 Å². The average Bonchev–Trinajstić information content (AvgIpc) is 3.23. The van der Waals surface area contributed by atoms with Crippen molar-refractivity contribution in [2.75, 3.05) is 32.7 Å². The predicted molar refractivity (Wildman–Crippen MR) is 97.1 cm³/mol. The summed E-state index contributed by atoms with van der Waals surface area (Å²) in [5.41, 5.74) is 1.28. The number of Topliss-reactive ketones (excluding diaryl/α,β-unsaturated/α-hetero) is 1. The van der Waals surface area contributed by atoms with Crippen LogP contribution in [0.15, 0.2) is 59.2 Å². The number of benzene rings is 1. The lowest BCUT2D eigenvalue weighted by Gasteiger charge is -2.34. The lowest BCUT2D eigenvalue weighted by atomic mass is 10.2. The zero-order valence-corrected chi connectivity index (χ0v) is 14.3. The third-order valence-electron chi connectivity index (χ3n) is 4.64. The fourth-order valence-electron chi connectivity index (χ4n) is 3.17. The molecular formula is C20H19N3O3. The molecule has 3 aromatic rings. The van der Waals surface area contributed by atoms with E-state index in [1.54, 1.807) is 23.1 Å². The van der Waals surface area contributed by atoms with Gasteiger partial charge in [0.1, 0.15) is 5.69 Å². The number of hydrogen-bond donors (Lipinski definition) is 0. The number of aromatic nitrogens is 1. The quantitative estimate of drug-likeness (QED) is 0.677. The average molecular weight is 349 g/mol. The van der Waals surface area contributed by atoms with Crippen LogP contribution in [0.1, 0.15) is 21.0 Å². The second kappa shape index (κ2) is 7.09. The van der Waals surface area contributed by atoms with Crippen LogP contribution >= 0.6 is 0 Å². The minimum Gasteiger partial charge on any atom is -0.461 e. The molecule has 0 saturated carbocycles. The monoisotopic (exact) mass is 349 g/mol. The lowest BCUT2D eigenvalue weighted by molar-refractivity contribution is 0.0615. The number of amides is 1. The fraction of sp³-hybridized carbons (Fsp3) is 0.250. The highest BCUT2D eigenvalue weighted by molar-refractivity contribution is 5.96. The molecule has 4 rings (SSSR count). The molecule has 26 heavy (non-hydrogen) atoms. The molecule has 6 heteroatoms. The molecule has 1 fully saturated rings. The Labute approximate surface area is 151 Å². The van der Waals surface area contributed by atoms with Gasteiger partial charge >= 0.3 is 0 Å². The number of ketones is 1. The van der Waals surface area contributed by atoms with E-state index in [-0.39, 0.29) is 11.7 Å². The van der Waals surface area contributed by atoms with E-state index in [1.165, 1.54) is 6.26 Å². The van der Waals surface area contributed by atoms with E-state index in [0.717, 1.165) is 10.9 Å². The second-order valence-electron chi connectivity index (χ2n) is 6.36. The molecule has 1 amide bonds. The maximum atomic E-state index is 12.7. The van der Waals surface area contributed by atoms with Gasteiger partial charge in [-0.1, -0.05) is 24.3 Å². The summed E-state index contributed by atoms with van der Waals surface area (Å²) in [6.07, 6.45) is 1.50. The minimum absolute atomic E-state index is 0.0361. The number of rotatable bonds is 4. The van der Waals surface area contributed by atoms with Gasteiger partial charge in [-0.15, -0.1) is 0 Å². The highest BCUT2D eigenvalue weighted by atomic mass is 16.3. The Bertz CT molecular complexity index is 928. The molecule has 0 spiro atoms. The number of para-hydroxylation sites is 1. The predicted octanol–water partition coefficient (Wildman–Crippen LogP) is 2.47. The molecule has 0 aliphatic carbocycles. The van der Waals surface area contributed by atoms with Crippen LogP contribution in [0.25, 0.3) is 10.9 Å². The summed E-state index contributed by atoms with van der Waals surface area (Å²) in [7, 11) is 0. The van der Waals surface area contributed by atoms with Crippen molar-refractivity contribution in [1.29, 1.82) is 0 Å². The molecule has 6 nitrogen and oxygen atoms in total. The molecule has 3 heterocycles. The molecule has 0 radical (unpaired) electrons. The summed E-state index contributed by atoms with van der Waals surface area (Å²) in [6.45, 7) is 2.79. The van der Waals surface area contributed by atoms with E-state index >= 15 is 0 Å². The first-order valence-corrected chi connectivity index (χ1v) is 8.65. The third kappa shape index (κ3) is 3.36. The van der Waals surface area contributed by atoms with E-state index in [9.17, 15) is 9.59 Å². The zero-order chi connectivity index (χ0) is 17.9. The highest BCUT2D eigenvalue weighted by Crippen LogP contribution is 2.14. The van der Waals surface area contributed by atoms with E-state index in [4.69, 9.17) is 4.42 Å². The topological polar surface area (TPSA) is 66.7 Å². The summed E-state index contributed by atoms with van der Waals surface area (Å²) in [6, 6.07) is 14.8. The Morgan fingerprint density at radius 3 is 2.54 bits per heavy atom. The lowest BCUT2D eigenvalue weighted by Crippen LogP contribution is -2.50. The standard InChI is InChI=1S/C20H19N3O3/c24-18(19-6-3-13-26-19)14-22-9-11-23(12-10-22)20(25)17-8-7-15-4-1-2-5-16(15)21-17/h1-8,13H,9-12,14H2. The van der Waals surface area contributed by atoms with Gasteiger partial charge in [-0.05, 0) is 24.3 Å². The van der Waals surface area contributed by atoms with Crippen molar-refractivity contribution in [3.05, 3.63) is 66.2 Å². The molecule has 0 bridgehead atoms. The summed E-state index contributed by atoms with van der Waals surface area (Å²) in [5.74, 6) is 0.280. The number of furan rings is 1. The Kier molecular flexibility index (Phi) is 4.50. The molecule has 1 aromatic carbocycles. The Hall–Kier alpha value is -2.99. The Morgan fingerprint density at radius 2 is 1.77 bits per heavy atom. The van der Waals surface area contributed by atoms with Gasteiger partial charge in [0, 0.05) is 31.6 Å². The first-order valence-electron chi connectivity index (χ1n) is 8.65. The highest BCUT2D eigenvalue weighted by Gasteiger charge is 2.24. The Morgan fingerprint density at radius 1 is 0.962 bits per heavy atom. The van der Waals surface area contributed by atoms with Crippen molar-refractivity contribution in [3.63, 3.8) is 0 Å². The molecule has 0 atom stereocenters. The Balaban J connectivity index is 1.37.